The third-order valence-corrected chi connectivity index (χ3v) is 8.71. The van der Waals surface area contributed by atoms with E-state index in [2.05, 4.69) is 41.4 Å². The number of hydrogen-bond acceptors (Lipinski definition) is 2. The molecule has 1 N–H and O–H groups in total. The fourth-order valence-corrected chi connectivity index (χ4v) is 6.37. The molecule has 3 aromatic carbocycles. The molecule has 228 valence electrons. The van der Waals surface area contributed by atoms with Crippen molar-refractivity contribution >= 4 is 12.0 Å². The zero-order chi connectivity index (χ0) is 31.0. The molecule has 1 amide bonds. The summed E-state index contributed by atoms with van der Waals surface area (Å²) in [5.41, 5.74) is -0.229. The van der Waals surface area contributed by atoms with Gasteiger partial charge in [0, 0.05) is 18.5 Å². The first-order valence-electron chi connectivity index (χ1n) is 14.1. The van der Waals surface area contributed by atoms with E-state index in [0.717, 1.165) is 19.5 Å². The Morgan fingerprint density at radius 2 is 1.63 bits per heavy atom. The van der Waals surface area contributed by atoms with Crippen LogP contribution < -0.4 is 5.32 Å². The van der Waals surface area contributed by atoms with Gasteiger partial charge in [0.25, 0.3) is 0 Å². The van der Waals surface area contributed by atoms with E-state index in [1.165, 1.54) is 35.4 Å². The van der Waals surface area contributed by atoms with Crippen molar-refractivity contribution in [3.05, 3.63) is 112 Å². The summed E-state index contributed by atoms with van der Waals surface area (Å²) in [6, 6.07) is 15.0. The van der Waals surface area contributed by atoms with Gasteiger partial charge in [-0.25, -0.2) is 4.39 Å². The van der Waals surface area contributed by atoms with E-state index in [1.807, 2.05) is 12.1 Å². The van der Waals surface area contributed by atoms with Crippen molar-refractivity contribution in [1.82, 2.24) is 10.2 Å². The normalized spacial score (nSPS) is 21.2. The van der Waals surface area contributed by atoms with Crippen molar-refractivity contribution in [3.8, 4) is 0 Å². The molecule has 1 saturated heterocycles. The van der Waals surface area contributed by atoms with Gasteiger partial charge < -0.3 is 10.2 Å². The Morgan fingerprint density at radius 3 is 2.26 bits per heavy atom. The molecule has 3 aromatic rings. The molecule has 1 aliphatic carbocycles. The predicted octanol–water partition coefficient (Wildman–Crippen LogP) is 7.96. The van der Waals surface area contributed by atoms with E-state index in [1.54, 1.807) is 0 Å². The third kappa shape index (κ3) is 6.64. The minimum atomic E-state index is -4.99. The van der Waals surface area contributed by atoms with Gasteiger partial charge >= 0.3 is 12.4 Å². The summed E-state index contributed by atoms with van der Waals surface area (Å²) in [7, 11) is 0. The number of nitrogens with zero attached hydrogens (tertiary/aromatic N) is 1. The Labute approximate surface area is 245 Å². The van der Waals surface area contributed by atoms with Crippen LogP contribution in [0.4, 0.5) is 30.7 Å². The zero-order valence-electron chi connectivity index (χ0n) is 23.4. The van der Waals surface area contributed by atoms with Crippen LogP contribution in [0.3, 0.4) is 0 Å². The zero-order valence-corrected chi connectivity index (χ0v) is 23.4. The number of fused-ring (bicyclic) bond motifs is 2. The topological polar surface area (TPSA) is 32.3 Å². The van der Waals surface area contributed by atoms with E-state index >= 15 is 0 Å². The van der Waals surface area contributed by atoms with Crippen molar-refractivity contribution in [2.24, 2.45) is 5.92 Å². The molecule has 0 saturated carbocycles. The largest absolute Gasteiger partial charge is 0.416 e. The third-order valence-electron chi connectivity index (χ3n) is 8.71. The summed E-state index contributed by atoms with van der Waals surface area (Å²) in [5, 5.41) is 2.52. The monoisotopic (exact) mass is 604 g/mol. The second kappa shape index (κ2) is 11.8. The Hall–Kier alpha value is -3.66. The maximum Gasteiger partial charge on any atom is 0.416 e. The van der Waals surface area contributed by atoms with Gasteiger partial charge in [-0.05, 0) is 84.4 Å². The minimum Gasteiger partial charge on any atom is -0.351 e. The lowest BCUT2D eigenvalue weighted by molar-refractivity contribution is -0.143. The summed E-state index contributed by atoms with van der Waals surface area (Å²) in [5.74, 6) is -1.55. The number of carbonyl (C=O) groups is 1. The molecular weight excluding hydrogens is 573 g/mol. The van der Waals surface area contributed by atoms with E-state index in [9.17, 15) is 35.5 Å². The number of carbonyl (C=O) groups excluding carboxylic acids is 1. The Morgan fingerprint density at radius 1 is 0.977 bits per heavy atom. The molecule has 5 rings (SSSR count). The van der Waals surface area contributed by atoms with Gasteiger partial charge in [-0.3, -0.25) is 4.79 Å². The van der Waals surface area contributed by atoms with Gasteiger partial charge in [-0.2, -0.15) is 26.3 Å². The van der Waals surface area contributed by atoms with Crippen molar-refractivity contribution in [1.29, 1.82) is 0 Å². The number of hydrogen-bond donors (Lipinski definition) is 1. The first-order chi connectivity index (χ1) is 20.3. The van der Waals surface area contributed by atoms with E-state index in [-0.39, 0.29) is 17.0 Å². The average Bonchev–Trinajstić information content (AvgIpc) is 3.33. The van der Waals surface area contributed by atoms with Crippen molar-refractivity contribution < 1.29 is 35.5 Å². The molecule has 1 aliphatic heterocycles. The van der Waals surface area contributed by atoms with E-state index in [4.69, 9.17) is 0 Å². The molecule has 2 aliphatic rings. The molecule has 3 atom stereocenters. The SMILES string of the molecule is C[C@H]1CN(CC[C@H](C(=O)NCc2cc(C(F)(F)F)cc(C(F)(F)F)c2)c2ccc(F)cc2)CC[C@@]12C=Cc1ccccc12. The molecule has 0 radical (unpaired) electrons. The predicted molar refractivity (Wildman–Crippen MR) is 149 cm³/mol. The molecule has 10 heteroatoms. The highest BCUT2D eigenvalue weighted by Crippen LogP contribution is 2.47. The molecular formula is C33H31F7N2O. The van der Waals surface area contributed by atoms with Crippen molar-refractivity contribution in [2.45, 2.75) is 50.0 Å². The second-order valence-electron chi connectivity index (χ2n) is 11.4. The highest BCUT2D eigenvalue weighted by atomic mass is 19.4. The van der Waals surface area contributed by atoms with Crippen LogP contribution in [-0.2, 0) is 29.1 Å². The van der Waals surface area contributed by atoms with Crippen LogP contribution in [0.15, 0.2) is 72.8 Å². The van der Waals surface area contributed by atoms with E-state index in [0.29, 0.717) is 36.6 Å². The van der Waals surface area contributed by atoms with Crippen LogP contribution in [0.25, 0.3) is 6.08 Å². The lowest BCUT2D eigenvalue weighted by Gasteiger charge is -2.44. The van der Waals surface area contributed by atoms with Crippen LogP contribution in [0, 0.1) is 11.7 Å². The summed E-state index contributed by atoms with van der Waals surface area (Å²) >= 11 is 0. The van der Waals surface area contributed by atoms with Gasteiger partial charge in [0.1, 0.15) is 5.82 Å². The number of allylic oxidation sites excluding steroid dienone is 1. The van der Waals surface area contributed by atoms with Gasteiger partial charge in [0.15, 0.2) is 0 Å². The van der Waals surface area contributed by atoms with Gasteiger partial charge in [-0.15, -0.1) is 0 Å². The quantitative estimate of drug-likeness (QED) is 0.278. The summed E-state index contributed by atoms with van der Waals surface area (Å²) in [6.07, 6.45) is -4.30. The average molecular weight is 605 g/mol. The van der Waals surface area contributed by atoms with Crippen LogP contribution in [0.1, 0.15) is 59.1 Å². The highest BCUT2D eigenvalue weighted by Gasteiger charge is 2.43. The van der Waals surface area contributed by atoms with Gasteiger partial charge in [0.05, 0.1) is 17.0 Å². The molecule has 43 heavy (non-hydrogen) atoms. The highest BCUT2D eigenvalue weighted by molar-refractivity contribution is 5.83. The fraction of sp³-hybridized carbons (Fsp3) is 0.364. The Kier molecular flexibility index (Phi) is 8.44. The number of halogens is 7. The Balaban J connectivity index is 1.29. The minimum absolute atomic E-state index is 0.0519. The van der Waals surface area contributed by atoms with Crippen LogP contribution in [-0.4, -0.2) is 30.4 Å². The van der Waals surface area contributed by atoms with Crippen LogP contribution in [0.2, 0.25) is 0 Å². The molecule has 1 spiro atoms. The lowest BCUT2D eigenvalue weighted by Crippen LogP contribution is -2.48. The number of benzene rings is 3. The first kappa shape index (κ1) is 30.8. The molecule has 0 unspecified atom stereocenters. The molecule has 1 heterocycles. The lowest BCUT2D eigenvalue weighted by atomic mass is 9.68. The molecule has 0 aromatic heterocycles. The van der Waals surface area contributed by atoms with Gasteiger partial charge in [-0.1, -0.05) is 55.5 Å². The summed E-state index contributed by atoms with van der Waals surface area (Å²) in [4.78, 5) is 15.6. The van der Waals surface area contributed by atoms with Crippen molar-refractivity contribution in [3.63, 3.8) is 0 Å². The molecule has 0 bridgehead atoms. The van der Waals surface area contributed by atoms with Crippen molar-refractivity contribution in [2.75, 3.05) is 19.6 Å². The summed E-state index contributed by atoms with van der Waals surface area (Å²) in [6.45, 7) is 3.76. The van der Waals surface area contributed by atoms with Crippen LogP contribution in [0.5, 0.6) is 0 Å². The number of alkyl halides is 6. The number of likely N-dealkylation sites (tertiary alicyclic amines) is 1. The maximum absolute atomic E-state index is 13.7. The van der Waals surface area contributed by atoms with E-state index < -0.39 is 47.7 Å². The number of amides is 1. The number of rotatable bonds is 7. The smallest absolute Gasteiger partial charge is 0.351 e. The maximum atomic E-state index is 13.7. The number of nitrogens with one attached hydrogen (secondary N) is 1. The standard InChI is InChI=1S/C33H31F7N2O/c1-21-20-42(15-13-31(21)12-10-24-4-2-3-5-29(24)31)14-11-28(23-6-8-27(34)9-7-23)30(43)41-19-22-16-25(32(35,36)37)18-26(17-22)33(38,39)40/h2-10,12,16-18,21,28H,11,13-15,19-20H2,1H3,(H,41,43)/t21-,28-,31-/m0/s1. The summed E-state index contributed by atoms with van der Waals surface area (Å²) < 4.78 is 93.5. The first-order valence-corrected chi connectivity index (χ1v) is 14.1. The molecule has 1 fully saturated rings. The number of piperidine rings is 1. The Bertz CT molecular complexity index is 1460. The molecule has 3 nitrogen and oxygen atoms in total. The van der Waals surface area contributed by atoms with Crippen LogP contribution >= 0.6 is 0 Å². The second-order valence-corrected chi connectivity index (χ2v) is 11.4. The fourth-order valence-electron chi connectivity index (χ4n) is 6.37. The van der Waals surface area contributed by atoms with Gasteiger partial charge in [0.2, 0.25) is 5.91 Å².